The SMILES string of the molecule is C=C1/C(=C/CC(C)CC)CC(=O)c2ccc(CC)cc21. The number of hydrogen-bond acceptors (Lipinski definition) is 1. The third-order valence-corrected chi connectivity index (χ3v) is 4.32. The van der Waals surface area contributed by atoms with Gasteiger partial charge in [0.15, 0.2) is 5.78 Å². The van der Waals surface area contributed by atoms with E-state index >= 15 is 0 Å². The molecule has 0 N–H and O–H groups in total. The zero-order valence-corrected chi connectivity index (χ0v) is 12.8. The average molecular weight is 268 g/mol. The minimum Gasteiger partial charge on any atom is -0.294 e. The lowest BCUT2D eigenvalue weighted by atomic mass is 9.81. The van der Waals surface area contributed by atoms with Crippen molar-refractivity contribution in [3.63, 3.8) is 0 Å². The molecule has 0 radical (unpaired) electrons. The van der Waals surface area contributed by atoms with Crippen LogP contribution >= 0.6 is 0 Å². The molecular formula is C19H24O. The third kappa shape index (κ3) is 2.92. The largest absolute Gasteiger partial charge is 0.294 e. The number of Topliss-reactive ketones (excluding diaryl/α,β-unsaturated/α-hetero) is 1. The van der Waals surface area contributed by atoms with Gasteiger partial charge in [0.25, 0.3) is 0 Å². The number of aryl methyl sites for hydroxylation is 1. The number of benzene rings is 1. The van der Waals surface area contributed by atoms with Gasteiger partial charge in [-0.25, -0.2) is 0 Å². The van der Waals surface area contributed by atoms with Crippen LogP contribution in [0.2, 0.25) is 0 Å². The molecule has 0 spiro atoms. The number of carbonyl (C=O) groups is 1. The van der Waals surface area contributed by atoms with Crippen molar-refractivity contribution >= 4 is 11.4 Å². The molecule has 106 valence electrons. The monoisotopic (exact) mass is 268 g/mol. The van der Waals surface area contributed by atoms with E-state index in [1.807, 2.05) is 6.07 Å². The first-order chi connectivity index (χ1) is 9.56. The van der Waals surface area contributed by atoms with Crippen LogP contribution in [0.25, 0.3) is 5.57 Å². The Morgan fingerprint density at radius 3 is 2.70 bits per heavy atom. The van der Waals surface area contributed by atoms with E-state index in [1.54, 1.807) is 0 Å². The zero-order chi connectivity index (χ0) is 14.7. The van der Waals surface area contributed by atoms with Crippen molar-refractivity contribution < 1.29 is 4.79 Å². The highest BCUT2D eigenvalue weighted by Gasteiger charge is 2.23. The van der Waals surface area contributed by atoms with E-state index < -0.39 is 0 Å². The van der Waals surface area contributed by atoms with E-state index in [0.717, 1.165) is 35.1 Å². The van der Waals surface area contributed by atoms with Gasteiger partial charge in [0.2, 0.25) is 0 Å². The quantitative estimate of drug-likeness (QED) is 0.732. The van der Waals surface area contributed by atoms with Gasteiger partial charge in [0, 0.05) is 12.0 Å². The maximum absolute atomic E-state index is 12.3. The molecule has 1 aliphatic rings. The van der Waals surface area contributed by atoms with Crippen molar-refractivity contribution in [2.24, 2.45) is 5.92 Å². The summed E-state index contributed by atoms with van der Waals surface area (Å²) in [6.45, 7) is 10.8. The number of carbonyl (C=O) groups excluding carboxylic acids is 1. The summed E-state index contributed by atoms with van der Waals surface area (Å²) < 4.78 is 0. The summed E-state index contributed by atoms with van der Waals surface area (Å²) in [7, 11) is 0. The second-order valence-electron chi connectivity index (χ2n) is 5.79. The normalized spacial score (nSPS) is 18.2. The molecule has 0 aliphatic heterocycles. The van der Waals surface area contributed by atoms with Gasteiger partial charge >= 0.3 is 0 Å². The lowest BCUT2D eigenvalue weighted by molar-refractivity contribution is 0.0991. The smallest absolute Gasteiger partial charge is 0.167 e. The van der Waals surface area contributed by atoms with E-state index in [4.69, 9.17) is 0 Å². The number of allylic oxidation sites excluding steroid dienone is 3. The molecule has 0 saturated carbocycles. The number of fused-ring (bicyclic) bond motifs is 1. The fourth-order valence-corrected chi connectivity index (χ4v) is 2.56. The first-order valence-corrected chi connectivity index (χ1v) is 7.61. The molecule has 1 atom stereocenters. The number of hydrogen-bond donors (Lipinski definition) is 0. The second-order valence-corrected chi connectivity index (χ2v) is 5.79. The van der Waals surface area contributed by atoms with E-state index in [9.17, 15) is 4.79 Å². The molecule has 0 amide bonds. The molecule has 0 saturated heterocycles. The average Bonchev–Trinajstić information content (AvgIpc) is 2.48. The molecule has 0 aromatic heterocycles. The number of ketones is 1. The highest BCUT2D eigenvalue weighted by Crippen LogP contribution is 2.35. The summed E-state index contributed by atoms with van der Waals surface area (Å²) in [5.74, 6) is 0.888. The Morgan fingerprint density at radius 2 is 2.05 bits per heavy atom. The first-order valence-electron chi connectivity index (χ1n) is 7.61. The van der Waals surface area contributed by atoms with Crippen molar-refractivity contribution in [1.29, 1.82) is 0 Å². The van der Waals surface area contributed by atoms with Crippen LogP contribution in [0, 0.1) is 5.92 Å². The van der Waals surface area contributed by atoms with E-state index in [0.29, 0.717) is 12.3 Å². The third-order valence-electron chi connectivity index (χ3n) is 4.32. The molecule has 2 rings (SSSR count). The first kappa shape index (κ1) is 14.8. The molecule has 1 unspecified atom stereocenters. The van der Waals surface area contributed by atoms with Gasteiger partial charge in [-0.2, -0.15) is 0 Å². The van der Waals surface area contributed by atoms with Gasteiger partial charge in [0.05, 0.1) is 0 Å². The molecular weight excluding hydrogens is 244 g/mol. The van der Waals surface area contributed by atoms with Gasteiger partial charge in [0.1, 0.15) is 0 Å². The van der Waals surface area contributed by atoms with Crippen LogP contribution in [-0.4, -0.2) is 5.78 Å². The fraction of sp³-hybridized carbons (Fsp3) is 0.421. The van der Waals surface area contributed by atoms with Crippen LogP contribution < -0.4 is 0 Å². The highest BCUT2D eigenvalue weighted by molar-refractivity contribution is 6.08. The fourth-order valence-electron chi connectivity index (χ4n) is 2.56. The van der Waals surface area contributed by atoms with E-state index in [-0.39, 0.29) is 5.78 Å². The van der Waals surface area contributed by atoms with Crippen LogP contribution in [0.15, 0.2) is 36.4 Å². The lowest BCUT2D eigenvalue weighted by Gasteiger charge is -2.21. The van der Waals surface area contributed by atoms with Gasteiger partial charge in [-0.05, 0) is 41.0 Å². The Hall–Kier alpha value is -1.63. The second kappa shape index (κ2) is 6.21. The minimum absolute atomic E-state index is 0.227. The van der Waals surface area contributed by atoms with Crippen LogP contribution in [-0.2, 0) is 6.42 Å². The Balaban J connectivity index is 2.34. The molecule has 0 heterocycles. The Labute approximate surface area is 122 Å². The van der Waals surface area contributed by atoms with Crippen molar-refractivity contribution in [3.8, 4) is 0 Å². The maximum Gasteiger partial charge on any atom is 0.167 e. The summed E-state index contributed by atoms with van der Waals surface area (Å²) >= 11 is 0. The minimum atomic E-state index is 0.227. The van der Waals surface area contributed by atoms with Crippen LogP contribution in [0.5, 0.6) is 0 Å². The molecule has 0 bridgehead atoms. The van der Waals surface area contributed by atoms with E-state index in [2.05, 4.69) is 45.6 Å². The molecule has 1 heteroatoms. The predicted molar refractivity (Wildman–Crippen MR) is 86.0 cm³/mol. The summed E-state index contributed by atoms with van der Waals surface area (Å²) in [5, 5.41) is 0. The standard InChI is InChI=1S/C19H24O/c1-5-13(3)7-9-16-12-19(20)17-10-8-15(6-2)11-18(17)14(16)4/h8-11,13H,4-7,12H2,1-3H3/b16-9+. The van der Waals surface area contributed by atoms with E-state index in [1.165, 1.54) is 12.0 Å². The summed E-state index contributed by atoms with van der Waals surface area (Å²) in [6.07, 6.45) is 5.91. The Kier molecular flexibility index (Phi) is 4.59. The molecule has 1 aromatic carbocycles. The maximum atomic E-state index is 12.3. The topological polar surface area (TPSA) is 17.1 Å². The van der Waals surface area contributed by atoms with Crippen LogP contribution in [0.4, 0.5) is 0 Å². The Morgan fingerprint density at radius 1 is 1.30 bits per heavy atom. The molecule has 20 heavy (non-hydrogen) atoms. The van der Waals surface area contributed by atoms with Crippen LogP contribution in [0.3, 0.4) is 0 Å². The Bertz CT molecular complexity index is 563. The van der Waals surface area contributed by atoms with Crippen molar-refractivity contribution in [2.75, 3.05) is 0 Å². The summed E-state index contributed by atoms with van der Waals surface area (Å²) in [6, 6.07) is 6.15. The lowest BCUT2D eigenvalue weighted by Crippen LogP contribution is -2.12. The highest BCUT2D eigenvalue weighted by atomic mass is 16.1. The predicted octanol–water partition coefficient (Wildman–Crippen LogP) is 5.21. The molecule has 1 nitrogen and oxygen atoms in total. The molecule has 1 aromatic rings. The van der Waals surface area contributed by atoms with Crippen molar-refractivity contribution in [3.05, 3.63) is 53.1 Å². The summed E-state index contributed by atoms with van der Waals surface area (Å²) in [4.78, 5) is 12.3. The van der Waals surface area contributed by atoms with Crippen molar-refractivity contribution in [2.45, 2.75) is 46.5 Å². The van der Waals surface area contributed by atoms with Gasteiger partial charge in [-0.15, -0.1) is 0 Å². The number of rotatable bonds is 4. The van der Waals surface area contributed by atoms with Gasteiger partial charge in [-0.3, -0.25) is 4.79 Å². The summed E-state index contributed by atoms with van der Waals surface area (Å²) in [5.41, 5.74) is 5.30. The zero-order valence-electron chi connectivity index (χ0n) is 12.8. The van der Waals surface area contributed by atoms with Gasteiger partial charge in [-0.1, -0.05) is 58.0 Å². The van der Waals surface area contributed by atoms with Gasteiger partial charge < -0.3 is 0 Å². The molecule has 1 aliphatic carbocycles. The van der Waals surface area contributed by atoms with Crippen LogP contribution in [0.1, 0.15) is 61.5 Å². The van der Waals surface area contributed by atoms with Crippen molar-refractivity contribution in [1.82, 2.24) is 0 Å². The molecule has 0 fully saturated rings.